The normalized spacial score (nSPS) is 10.5. The number of benzene rings is 2. The van der Waals surface area contributed by atoms with Crippen LogP contribution in [0.4, 0.5) is 5.69 Å². The highest BCUT2D eigenvalue weighted by molar-refractivity contribution is 5.87. The van der Waals surface area contributed by atoms with Gasteiger partial charge in [-0.25, -0.2) is 0 Å². The second-order valence-corrected chi connectivity index (χ2v) is 3.61. The second kappa shape index (κ2) is 4.39. The topological polar surface area (TPSA) is 72.6 Å². The van der Waals surface area contributed by atoms with E-state index >= 15 is 0 Å². The molecule has 88 valence electrons. The van der Waals surface area contributed by atoms with E-state index in [0.29, 0.717) is 16.7 Å². The molecule has 1 N–H and O–H groups in total. The molecule has 2 rings (SSSR count). The summed E-state index contributed by atoms with van der Waals surface area (Å²) in [5.74, 6) is 0.642. The summed E-state index contributed by atoms with van der Waals surface area (Å²) in [5.41, 5.74) is 0.237. The van der Waals surface area contributed by atoms with Crippen molar-refractivity contribution in [3.8, 4) is 5.75 Å². The van der Waals surface area contributed by atoms with Gasteiger partial charge in [0.25, 0.3) is 5.69 Å². The Bertz CT molecular complexity index is 580. The van der Waals surface area contributed by atoms with Gasteiger partial charge in [0, 0.05) is 6.07 Å². The van der Waals surface area contributed by atoms with Gasteiger partial charge < -0.3 is 9.84 Å². The number of rotatable bonds is 3. The lowest BCUT2D eigenvalue weighted by Gasteiger charge is -2.05. The number of aliphatic hydroxyl groups excluding tert-OH is 1. The quantitative estimate of drug-likeness (QED) is 0.651. The third kappa shape index (κ3) is 2.05. The lowest BCUT2D eigenvalue weighted by Crippen LogP contribution is -1.95. The van der Waals surface area contributed by atoms with Gasteiger partial charge in [-0.1, -0.05) is 6.07 Å². The van der Waals surface area contributed by atoms with Crippen molar-refractivity contribution in [3.05, 3.63) is 46.0 Å². The standard InChI is InChI=1S/C12H11NO4/c1-17-11-3-2-8-4-10(7-14)12(13(15)16)6-9(8)5-11/h2-6,14H,7H2,1H3. The summed E-state index contributed by atoms with van der Waals surface area (Å²) in [6.45, 7) is -0.349. The van der Waals surface area contributed by atoms with Crippen molar-refractivity contribution in [1.82, 2.24) is 0 Å². The van der Waals surface area contributed by atoms with E-state index in [0.717, 1.165) is 5.39 Å². The molecule has 0 aliphatic heterocycles. The van der Waals surface area contributed by atoms with Crippen LogP contribution in [0.3, 0.4) is 0 Å². The number of methoxy groups -OCH3 is 1. The van der Waals surface area contributed by atoms with Crippen LogP contribution in [0.5, 0.6) is 5.75 Å². The minimum atomic E-state index is -0.496. The summed E-state index contributed by atoms with van der Waals surface area (Å²) in [4.78, 5) is 10.3. The number of nitrogens with zero attached hydrogens (tertiary/aromatic N) is 1. The van der Waals surface area contributed by atoms with Crippen molar-refractivity contribution in [2.45, 2.75) is 6.61 Å². The third-order valence-electron chi connectivity index (χ3n) is 2.61. The number of nitro groups is 1. The van der Waals surface area contributed by atoms with Crippen LogP contribution in [0.25, 0.3) is 10.8 Å². The van der Waals surface area contributed by atoms with Crippen molar-refractivity contribution in [2.75, 3.05) is 7.11 Å². The van der Waals surface area contributed by atoms with E-state index in [4.69, 9.17) is 9.84 Å². The first-order valence-electron chi connectivity index (χ1n) is 5.01. The molecule has 0 saturated carbocycles. The number of nitro benzene ring substituents is 1. The van der Waals surface area contributed by atoms with Crippen LogP contribution in [0.2, 0.25) is 0 Å². The fourth-order valence-corrected chi connectivity index (χ4v) is 1.73. The maximum Gasteiger partial charge on any atom is 0.275 e. The van der Waals surface area contributed by atoms with Crippen molar-refractivity contribution < 1.29 is 14.8 Å². The maximum atomic E-state index is 10.8. The van der Waals surface area contributed by atoms with Gasteiger partial charge in [0.2, 0.25) is 0 Å². The average Bonchev–Trinajstić information content (AvgIpc) is 2.36. The molecule has 2 aromatic carbocycles. The summed E-state index contributed by atoms with van der Waals surface area (Å²) in [6, 6.07) is 8.37. The van der Waals surface area contributed by atoms with Crippen molar-refractivity contribution in [3.63, 3.8) is 0 Å². The van der Waals surface area contributed by atoms with E-state index in [9.17, 15) is 10.1 Å². The maximum absolute atomic E-state index is 10.8. The Kier molecular flexibility index (Phi) is 2.93. The molecule has 0 heterocycles. The molecule has 5 nitrogen and oxygen atoms in total. The summed E-state index contributed by atoms with van der Waals surface area (Å²) in [7, 11) is 1.54. The summed E-state index contributed by atoms with van der Waals surface area (Å²) < 4.78 is 5.06. The molecule has 2 aromatic rings. The van der Waals surface area contributed by atoms with Gasteiger partial charge in [0.05, 0.1) is 24.2 Å². The van der Waals surface area contributed by atoms with Crippen LogP contribution in [-0.4, -0.2) is 17.1 Å². The highest BCUT2D eigenvalue weighted by atomic mass is 16.6. The Morgan fingerprint density at radius 3 is 2.65 bits per heavy atom. The molecule has 17 heavy (non-hydrogen) atoms. The molecule has 0 amide bonds. The lowest BCUT2D eigenvalue weighted by atomic mass is 10.1. The van der Waals surface area contributed by atoms with Gasteiger partial charge in [0.1, 0.15) is 5.75 Å². The number of fused-ring (bicyclic) bond motifs is 1. The molecule has 0 aromatic heterocycles. The summed E-state index contributed by atoms with van der Waals surface area (Å²) >= 11 is 0. The molecule has 0 unspecified atom stereocenters. The van der Waals surface area contributed by atoms with E-state index in [1.54, 1.807) is 24.3 Å². The first-order valence-corrected chi connectivity index (χ1v) is 5.01. The monoisotopic (exact) mass is 233 g/mol. The zero-order chi connectivity index (χ0) is 12.4. The predicted octanol–water partition coefficient (Wildman–Crippen LogP) is 2.25. The van der Waals surface area contributed by atoms with Gasteiger partial charge in [0.15, 0.2) is 0 Å². The zero-order valence-electron chi connectivity index (χ0n) is 9.21. The molecular weight excluding hydrogens is 222 g/mol. The average molecular weight is 233 g/mol. The first kappa shape index (κ1) is 11.3. The smallest absolute Gasteiger partial charge is 0.275 e. The van der Waals surface area contributed by atoms with Crippen molar-refractivity contribution in [2.24, 2.45) is 0 Å². The predicted molar refractivity (Wildman–Crippen MR) is 63.1 cm³/mol. The molecule has 5 heteroatoms. The number of aliphatic hydroxyl groups is 1. The van der Waals surface area contributed by atoms with Crippen LogP contribution in [-0.2, 0) is 6.61 Å². The van der Waals surface area contributed by atoms with Crippen molar-refractivity contribution in [1.29, 1.82) is 0 Å². The Labute approximate surface area is 97.4 Å². The molecule has 0 spiro atoms. The third-order valence-corrected chi connectivity index (χ3v) is 2.61. The Morgan fingerprint density at radius 1 is 1.29 bits per heavy atom. The highest BCUT2D eigenvalue weighted by Gasteiger charge is 2.14. The van der Waals surface area contributed by atoms with Gasteiger partial charge in [-0.2, -0.15) is 0 Å². The molecule has 0 aliphatic carbocycles. The molecule has 0 atom stereocenters. The number of ether oxygens (including phenoxy) is 1. The van der Waals surface area contributed by atoms with E-state index in [1.165, 1.54) is 13.2 Å². The minimum Gasteiger partial charge on any atom is -0.497 e. The molecule has 0 aliphatic rings. The SMILES string of the molecule is COc1ccc2cc(CO)c([N+](=O)[O-])cc2c1. The van der Waals surface area contributed by atoms with Crippen LogP contribution in [0.1, 0.15) is 5.56 Å². The fourth-order valence-electron chi connectivity index (χ4n) is 1.73. The van der Waals surface area contributed by atoms with Crippen LogP contribution in [0.15, 0.2) is 30.3 Å². The van der Waals surface area contributed by atoms with Gasteiger partial charge >= 0.3 is 0 Å². The van der Waals surface area contributed by atoms with E-state index in [2.05, 4.69) is 0 Å². The lowest BCUT2D eigenvalue weighted by molar-refractivity contribution is -0.385. The highest BCUT2D eigenvalue weighted by Crippen LogP contribution is 2.28. The first-order chi connectivity index (χ1) is 8.15. The Hall–Kier alpha value is -2.14. The van der Waals surface area contributed by atoms with Gasteiger partial charge in [-0.3, -0.25) is 10.1 Å². The number of hydrogen-bond donors (Lipinski definition) is 1. The molecule has 0 saturated heterocycles. The van der Waals surface area contributed by atoms with Crippen LogP contribution < -0.4 is 4.74 Å². The van der Waals surface area contributed by atoms with E-state index < -0.39 is 4.92 Å². The van der Waals surface area contributed by atoms with Crippen LogP contribution in [0, 0.1) is 10.1 Å². The summed E-state index contributed by atoms with van der Waals surface area (Å²) in [5, 5.41) is 21.5. The van der Waals surface area contributed by atoms with Crippen molar-refractivity contribution >= 4 is 16.5 Å². The minimum absolute atomic E-state index is 0.0757. The zero-order valence-corrected chi connectivity index (χ0v) is 9.21. The molecule has 0 bridgehead atoms. The Morgan fingerprint density at radius 2 is 2.06 bits per heavy atom. The molecule has 0 radical (unpaired) electrons. The van der Waals surface area contributed by atoms with Gasteiger partial charge in [-0.15, -0.1) is 0 Å². The van der Waals surface area contributed by atoms with Gasteiger partial charge in [-0.05, 0) is 29.0 Å². The Balaban J connectivity index is 2.69. The van der Waals surface area contributed by atoms with Crippen LogP contribution >= 0.6 is 0 Å². The van der Waals surface area contributed by atoms with E-state index in [1.807, 2.05) is 0 Å². The summed E-state index contributed by atoms with van der Waals surface area (Å²) in [6.07, 6.45) is 0. The number of hydrogen-bond acceptors (Lipinski definition) is 4. The molecular formula is C12H11NO4. The second-order valence-electron chi connectivity index (χ2n) is 3.61. The van der Waals surface area contributed by atoms with E-state index in [-0.39, 0.29) is 12.3 Å². The molecule has 0 fully saturated rings. The largest absolute Gasteiger partial charge is 0.497 e. The fraction of sp³-hybridized carbons (Fsp3) is 0.167.